The van der Waals surface area contributed by atoms with E-state index in [-0.39, 0.29) is 5.92 Å². The van der Waals surface area contributed by atoms with Crippen molar-refractivity contribution < 1.29 is 0 Å². The minimum Gasteiger partial charge on any atom is -0.309 e. The van der Waals surface area contributed by atoms with E-state index in [0.717, 1.165) is 12.0 Å². The first kappa shape index (κ1) is 33.4. The molecule has 0 fully saturated rings. The van der Waals surface area contributed by atoms with Crippen molar-refractivity contribution in [2.75, 3.05) is 0 Å². The summed E-state index contributed by atoms with van der Waals surface area (Å²) in [6.45, 7) is 0. The summed E-state index contributed by atoms with van der Waals surface area (Å²) in [5.41, 5.74) is 15.7. The number of para-hydroxylation sites is 1. The summed E-state index contributed by atoms with van der Waals surface area (Å²) in [4.78, 5) is 0. The Bertz CT molecular complexity index is 3510. The monoisotopic (exact) mass is 748 g/mol. The van der Waals surface area contributed by atoms with Gasteiger partial charge in [-0.25, -0.2) is 0 Å². The van der Waals surface area contributed by atoms with Crippen molar-refractivity contribution in [1.82, 2.24) is 4.57 Å². The van der Waals surface area contributed by atoms with Crippen LogP contribution in [0.1, 0.15) is 28.2 Å². The molecule has 0 amide bonds. The summed E-state index contributed by atoms with van der Waals surface area (Å²) in [5.74, 6) is 0.247. The predicted molar refractivity (Wildman–Crippen MR) is 246 cm³/mol. The first-order valence-electron chi connectivity index (χ1n) is 20.4. The highest BCUT2D eigenvalue weighted by Gasteiger charge is 2.27. The standard InChI is InChI=1S/C57H36N2/c58-35-36-20-22-37(23-21-36)38-10-9-11-41(30-38)53-33-42-25-24-39(31-52(42)47-15-4-5-16-48(47)53)40-26-29-57-55(32-40)51-18-7-8-19-56(51)59(57)43-27-28-50-46-14-2-1-12-44(46)45-13-3-6-17-49(45)54(50)34-43/h1-32,34,53H,33H2. The van der Waals surface area contributed by atoms with Gasteiger partial charge in [0.2, 0.25) is 0 Å². The van der Waals surface area contributed by atoms with E-state index in [0.29, 0.717) is 5.56 Å². The third-order valence-electron chi connectivity index (χ3n) is 12.8. The minimum atomic E-state index is 0.247. The highest BCUT2D eigenvalue weighted by atomic mass is 15.0. The maximum Gasteiger partial charge on any atom is 0.0991 e. The Morgan fingerprint density at radius 1 is 0.407 bits per heavy atom. The van der Waals surface area contributed by atoms with Crippen molar-refractivity contribution in [3.05, 3.63) is 222 Å². The van der Waals surface area contributed by atoms with E-state index >= 15 is 0 Å². The predicted octanol–water partition coefficient (Wildman–Crippen LogP) is 14.8. The van der Waals surface area contributed by atoms with E-state index in [4.69, 9.17) is 0 Å². The maximum atomic E-state index is 9.31. The zero-order chi connectivity index (χ0) is 39.0. The zero-order valence-electron chi connectivity index (χ0n) is 32.2. The summed E-state index contributed by atoms with van der Waals surface area (Å²) in [6, 6.07) is 75.5. The molecule has 59 heavy (non-hydrogen) atoms. The Morgan fingerprint density at radius 3 is 1.80 bits per heavy atom. The van der Waals surface area contributed by atoms with Crippen LogP contribution < -0.4 is 0 Å². The van der Waals surface area contributed by atoms with Crippen LogP contribution in [0.15, 0.2) is 200 Å². The van der Waals surface area contributed by atoms with Crippen LogP contribution in [0.5, 0.6) is 0 Å². The van der Waals surface area contributed by atoms with Crippen LogP contribution in [0.2, 0.25) is 0 Å². The first-order valence-corrected chi connectivity index (χ1v) is 20.4. The SMILES string of the molecule is N#Cc1ccc(-c2cccc(C3Cc4ccc(-c5ccc6c(c5)c5ccccc5n6-c5ccc6c7ccccc7c7ccccc7c6c5)cc4-c4ccccc43)c2)cc1. The van der Waals surface area contributed by atoms with Crippen molar-refractivity contribution >= 4 is 54.1 Å². The van der Waals surface area contributed by atoms with Crippen LogP contribution in [0.3, 0.4) is 0 Å². The van der Waals surface area contributed by atoms with Crippen LogP contribution in [-0.2, 0) is 6.42 Å². The smallest absolute Gasteiger partial charge is 0.0991 e. The third kappa shape index (κ3) is 5.26. The largest absolute Gasteiger partial charge is 0.309 e. The molecule has 2 nitrogen and oxygen atoms in total. The van der Waals surface area contributed by atoms with Gasteiger partial charge < -0.3 is 4.57 Å². The van der Waals surface area contributed by atoms with Crippen LogP contribution in [0.25, 0.3) is 93.2 Å². The summed E-state index contributed by atoms with van der Waals surface area (Å²) in [7, 11) is 0. The van der Waals surface area contributed by atoms with Crippen molar-refractivity contribution in [3.63, 3.8) is 0 Å². The highest BCUT2D eigenvalue weighted by Crippen LogP contribution is 2.45. The lowest BCUT2D eigenvalue weighted by Gasteiger charge is -2.29. The van der Waals surface area contributed by atoms with E-state index in [1.807, 2.05) is 24.3 Å². The second-order valence-corrected chi connectivity index (χ2v) is 15.9. The van der Waals surface area contributed by atoms with Gasteiger partial charge in [-0.15, -0.1) is 0 Å². The second kappa shape index (κ2) is 13.2. The van der Waals surface area contributed by atoms with Crippen LogP contribution in [0.4, 0.5) is 0 Å². The molecule has 1 aromatic heterocycles. The van der Waals surface area contributed by atoms with Gasteiger partial charge in [0.25, 0.3) is 0 Å². The number of benzene rings is 10. The molecule has 0 bridgehead atoms. The number of aromatic nitrogens is 1. The fourth-order valence-corrected chi connectivity index (χ4v) is 10.00. The molecule has 0 saturated carbocycles. The fourth-order valence-electron chi connectivity index (χ4n) is 10.00. The molecule has 0 saturated heterocycles. The van der Waals surface area contributed by atoms with Crippen LogP contribution >= 0.6 is 0 Å². The van der Waals surface area contributed by atoms with Crippen molar-refractivity contribution in [1.29, 1.82) is 5.26 Å². The summed E-state index contributed by atoms with van der Waals surface area (Å²) in [6.07, 6.45) is 0.937. The molecule has 10 aromatic carbocycles. The summed E-state index contributed by atoms with van der Waals surface area (Å²) < 4.78 is 2.44. The normalized spacial score (nSPS) is 13.5. The van der Waals surface area contributed by atoms with E-state index in [2.05, 4.69) is 187 Å². The zero-order valence-corrected chi connectivity index (χ0v) is 32.2. The molecule has 0 radical (unpaired) electrons. The molecular weight excluding hydrogens is 713 g/mol. The van der Waals surface area contributed by atoms with Gasteiger partial charge in [0.1, 0.15) is 0 Å². The molecule has 1 unspecified atom stereocenters. The van der Waals surface area contributed by atoms with Gasteiger partial charge in [-0.3, -0.25) is 0 Å². The Hall–Kier alpha value is -7.73. The molecular formula is C57H36N2. The van der Waals surface area contributed by atoms with Gasteiger partial charge in [-0.2, -0.15) is 5.26 Å². The Morgan fingerprint density at radius 2 is 1.02 bits per heavy atom. The number of rotatable bonds is 4. The third-order valence-corrected chi connectivity index (χ3v) is 12.8. The number of nitriles is 1. The van der Waals surface area contributed by atoms with Gasteiger partial charge in [0.05, 0.1) is 22.7 Å². The van der Waals surface area contributed by atoms with Gasteiger partial charge in [-0.1, -0.05) is 152 Å². The Kier molecular flexibility index (Phi) is 7.46. The molecule has 12 rings (SSSR count). The first-order chi connectivity index (χ1) is 29.2. The van der Waals surface area contributed by atoms with Crippen molar-refractivity contribution in [2.24, 2.45) is 0 Å². The lowest BCUT2D eigenvalue weighted by Crippen LogP contribution is -2.12. The number of nitrogens with zero attached hydrogens (tertiary/aromatic N) is 2. The summed E-state index contributed by atoms with van der Waals surface area (Å²) >= 11 is 0. The highest BCUT2D eigenvalue weighted by molar-refractivity contribution is 6.25. The second-order valence-electron chi connectivity index (χ2n) is 15.9. The maximum absolute atomic E-state index is 9.31. The molecule has 11 aromatic rings. The summed E-state index contributed by atoms with van der Waals surface area (Å²) in [5, 5.41) is 19.5. The van der Waals surface area contributed by atoms with Gasteiger partial charge in [0.15, 0.2) is 0 Å². The quantitative estimate of drug-likeness (QED) is 0.165. The lowest BCUT2D eigenvalue weighted by atomic mass is 9.75. The van der Waals surface area contributed by atoms with E-state index in [1.54, 1.807) is 0 Å². The Labute approximate surface area is 342 Å². The number of fused-ring (bicyclic) bond motifs is 12. The minimum absolute atomic E-state index is 0.247. The molecule has 0 N–H and O–H groups in total. The molecule has 0 aliphatic heterocycles. The molecule has 1 aliphatic carbocycles. The van der Waals surface area contributed by atoms with Gasteiger partial charge in [-0.05, 0) is 137 Å². The van der Waals surface area contributed by atoms with E-state index in [1.165, 1.54) is 104 Å². The topological polar surface area (TPSA) is 28.7 Å². The molecule has 1 atom stereocenters. The van der Waals surface area contributed by atoms with Crippen LogP contribution in [-0.4, -0.2) is 4.57 Å². The average Bonchev–Trinajstić information content (AvgIpc) is 3.65. The van der Waals surface area contributed by atoms with Gasteiger partial charge >= 0.3 is 0 Å². The van der Waals surface area contributed by atoms with Crippen molar-refractivity contribution in [3.8, 4) is 45.1 Å². The van der Waals surface area contributed by atoms with Crippen LogP contribution in [0, 0.1) is 11.3 Å². The molecule has 1 aliphatic rings. The van der Waals surface area contributed by atoms with Gasteiger partial charge in [0, 0.05) is 22.4 Å². The fraction of sp³-hybridized carbons (Fsp3) is 0.0351. The molecule has 0 spiro atoms. The lowest BCUT2D eigenvalue weighted by molar-refractivity contribution is 0.794. The number of hydrogen-bond acceptors (Lipinski definition) is 1. The molecule has 1 heterocycles. The molecule has 274 valence electrons. The molecule has 2 heteroatoms. The van der Waals surface area contributed by atoms with E-state index < -0.39 is 0 Å². The Balaban J connectivity index is 0.953. The van der Waals surface area contributed by atoms with E-state index in [9.17, 15) is 5.26 Å². The van der Waals surface area contributed by atoms with Crippen molar-refractivity contribution in [2.45, 2.75) is 12.3 Å². The average molecular weight is 749 g/mol. The number of hydrogen-bond donors (Lipinski definition) is 0.